The molecule has 0 bridgehead atoms. The van der Waals surface area contributed by atoms with Crippen molar-refractivity contribution in [2.24, 2.45) is 10.9 Å². The van der Waals surface area contributed by atoms with E-state index in [1.165, 1.54) is 10.6 Å². The minimum atomic E-state index is -3.12. The van der Waals surface area contributed by atoms with Gasteiger partial charge < -0.3 is 20.1 Å². The smallest absolute Gasteiger partial charge is 0.211 e. The Bertz CT molecular complexity index is 782. The molecular formula is C18H28N4O4S. The Morgan fingerprint density at radius 3 is 2.78 bits per heavy atom. The molecule has 2 heterocycles. The fourth-order valence-corrected chi connectivity index (χ4v) is 4.07. The molecule has 8 nitrogen and oxygen atoms in total. The van der Waals surface area contributed by atoms with Gasteiger partial charge in [-0.05, 0) is 31.4 Å². The third-order valence-electron chi connectivity index (χ3n) is 4.58. The van der Waals surface area contributed by atoms with Gasteiger partial charge in [0.2, 0.25) is 10.0 Å². The van der Waals surface area contributed by atoms with Crippen molar-refractivity contribution in [3.05, 3.63) is 18.2 Å². The zero-order chi connectivity index (χ0) is 19.3. The standard InChI is InChI=1S/C18H28N4O4S/c1-3-19-18(20-12-14-7-8-22(13-14)27(2,23)24)21-15-5-6-16-17(11-15)26-10-4-9-25-16/h5-6,11,14H,3-4,7-10,12-13H2,1-2H3,(H2,19,20,21). The molecule has 0 saturated carbocycles. The molecule has 2 N–H and O–H groups in total. The number of aliphatic imine (C=N–C) groups is 1. The van der Waals surface area contributed by atoms with Gasteiger partial charge in [0.15, 0.2) is 17.5 Å². The first kappa shape index (κ1) is 19.8. The zero-order valence-corrected chi connectivity index (χ0v) is 16.7. The van der Waals surface area contributed by atoms with E-state index in [4.69, 9.17) is 9.47 Å². The highest BCUT2D eigenvalue weighted by molar-refractivity contribution is 7.88. The fraction of sp³-hybridized carbons (Fsp3) is 0.611. The number of guanidine groups is 1. The van der Waals surface area contributed by atoms with Crippen molar-refractivity contribution >= 4 is 21.7 Å². The lowest BCUT2D eigenvalue weighted by Crippen LogP contribution is -2.32. The van der Waals surface area contributed by atoms with Crippen LogP contribution in [0.25, 0.3) is 0 Å². The maximum absolute atomic E-state index is 11.6. The monoisotopic (exact) mass is 396 g/mol. The van der Waals surface area contributed by atoms with Gasteiger partial charge in [0, 0.05) is 44.4 Å². The molecule has 9 heteroatoms. The summed E-state index contributed by atoms with van der Waals surface area (Å²) in [6.07, 6.45) is 2.96. The molecule has 150 valence electrons. The zero-order valence-electron chi connectivity index (χ0n) is 15.9. The summed E-state index contributed by atoms with van der Waals surface area (Å²) in [5.74, 6) is 2.39. The van der Waals surface area contributed by atoms with Crippen LogP contribution in [0.2, 0.25) is 0 Å². The average molecular weight is 397 g/mol. The van der Waals surface area contributed by atoms with Gasteiger partial charge in [-0.25, -0.2) is 12.7 Å². The van der Waals surface area contributed by atoms with Crippen LogP contribution < -0.4 is 20.1 Å². The Hall–Kier alpha value is -2.00. The van der Waals surface area contributed by atoms with E-state index >= 15 is 0 Å². The quantitative estimate of drug-likeness (QED) is 0.579. The van der Waals surface area contributed by atoms with Gasteiger partial charge in [-0.2, -0.15) is 0 Å². The molecule has 1 atom stereocenters. The van der Waals surface area contributed by atoms with Crippen molar-refractivity contribution in [2.75, 3.05) is 51.0 Å². The molecular weight excluding hydrogens is 368 g/mol. The Labute approximate surface area is 161 Å². The van der Waals surface area contributed by atoms with Crippen LogP contribution >= 0.6 is 0 Å². The van der Waals surface area contributed by atoms with Gasteiger partial charge in [-0.3, -0.25) is 4.99 Å². The van der Waals surface area contributed by atoms with Crippen LogP contribution in [0.1, 0.15) is 19.8 Å². The topological polar surface area (TPSA) is 92.3 Å². The molecule has 1 unspecified atom stereocenters. The van der Waals surface area contributed by atoms with Gasteiger partial charge in [0.1, 0.15) is 0 Å². The first-order chi connectivity index (χ1) is 13.0. The maximum atomic E-state index is 11.6. The van der Waals surface area contributed by atoms with Crippen LogP contribution in [0.3, 0.4) is 0 Å². The second-order valence-electron chi connectivity index (χ2n) is 6.83. The van der Waals surface area contributed by atoms with Crippen LogP contribution in [-0.4, -0.2) is 64.3 Å². The minimum absolute atomic E-state index is 0.235. The van der Waals surface area contributed by atoms with Crippen LogP contribution in [0, 0.1) is 5.92 Å². The van der Waals surface area contributed by atoms with E-state index in [1.807, 2.05) is 25.1 Å². The van der Waals surface area contributed by atoms with Gasteiger partial charge in [-0.1, -0.05) is 0 Å². The highest BCUT2D eigenvalue weighted by atomic mass is 32.2. The summed E-state index contributed by atoms with van der Waals surface area (Å²) >= 11 is 0. The second kappa shape index (κ2) is 8.79. The number of hydrogen-bond donors (Lipinski definition) is 2. The van der Waals surface area contributed by atoms with Crippen LogP contribution in [0.4, 0.5) is 5.69 Å². The summed E-state index contributed by atoms with van der Waals surface area (Å²) in [6, 6.07) is 5.74. The molecule has 1 aromatic carbocycles. The molecule has 27 heavy (non-hydrogen) atoms. The van der Waals surface area contributed by atoms with Gasteiger partial charge >= 0.3 is 0 Å². The summed E-state index contributed by atoms with van der Waals surface area (Å²) in [5.41, 5.74) is 0.864. The normalized spacial score (nSPS) is 21.0. The van der Waals surface area contributed by atoms with E-state index in [0.29, 0.717) is 38.8 Å². The first-order valence-corrected chi connectivity index (χ1v) is 11.2. The van der Waals surface area contributed by atoms with Crippen molar-refractivity contribution in [1.82, 2.24) is 9.62 Å². The number of hydrogen-bond acceptors (Lipinski definition) is 5. The highest BCUT2D eigenvalue weighted by Gasteiger charge is 2.28. The molecule has 0 aliphatic carbocycles. The second-order valence-corrected chi connectivity index (χ2v) is 8.81. The Kier molecular flexibility index (Phi) is 6.43. The Morgan fingerprint density at radius 2 is 2.07 bits per heavy atom. The molecule has 1 aromatic rings. The summed E-state index contributed by atoms with van der Waals surface area (Å²) in [5, 5.41) is 6.51. The average Bonchev–Trinajstić information content (AvgIpc) is 2.99. The largest absolute Gasteiger partial charge is 0.490 e. The molecule has 0 spiro atoms. The summed E-state index contributed by atoms with van der Waals surface area (Å²) in [7, 11) is -3.12. The number of nitrogens with zero attached hydrogens (tertiary/aromatic N) is 2. The molecule has 2 aliphatic rings. The van der Waals surface area contributed by atoms with E-state index in [1.54, 1.807) is 0 Å². The number of anilines is 1. The lowest BCUT2D eigenvalue weighted by molar-refractivity contribution is 0.297. The van der Waals surface area contributed by atoms with Gasteiger partial charge in [0.25, 0.3) is 0 Å². The van der Waals surface area contributed by atoms with E-state index in [-0.39, 0.29) is 5.92 Å². The summed E-state index contributed by atoms with van der Waals surface area (Å²) < 4.78 is 36.2. The number of sulfonamides is 1. The van der Waals surface area contributed by atoms with Crippen LogP contribution in [-0.2, 0) is 10.0 Å². The van der Waals surface area contributed by atoms with Gasteiger partial charge in [-0.15, -0.1) is 0 Å². The predicted octanol–water partition coefficient (Wildman–Crippen LogP) is 1.51. The molecule has 1 fully saturated rings. The molecule has 0 aromatic heterocycles. The lowest BCUT2D eigenvalue weighted by atomic mass is 10.1. The van der Waals surface area contributed by atoms with E-state index in [2.05, 4.69) is 15.6 Å². The predicted molar refractivity (Wildman–Crippen MR) is 106 cm³/mol. The van der Waals surface area contributed by atoms with E-state index in [9.17, 15) is 8.42 Å². The maximum Gasteiger partial charge on any atom is 0.211 e. The van der Waals surface area contributed by atoms with Crippen LogP contribution in [0.15, 0.2) is 23.2 Å². The van der Waals surface area contributed by atoms with Crippen LogP contribution in [0.5, 0.6) is 11.5 Å². The number of fused-ring (bicyclic) bond motifs is 1. The van der Waals surface area contributed by atoms with Crippen molar-refractivity contribution in [2.45, 2.75) is 19.8 Å². The highest BCUT2D eigenvalue weighted by Crippen LogP contribution is 2.32. The molecule has 1 saturated heterocycles. The van der Waals surface area contributed by atoms with Crippen molar-refractivity contribution in [1.29, 1.82) is 0 Å². The number of rotatable bonds is 5. The third-order valence-corrected chi connectivity index (χ3v) is 5.85. The summed E-state index contributed by atoms with van der Waals surface area (Å²) in [6.45, 7) is 5.73. The number of nitrogens with one attached hydrogen (secondary N) is 2. The number of benzene rings is 1. The van der Waals surface area contributed by atoms with Crippen molar-refractivity contribution in [3.63, 3.8) is 0 Å². The third kappa shape index (κ3) is 5.49. The minimum Gasteiger partial charge on any atom is -0.490 e. The molecule has 0 amide bonds. The van der Waals surface area contributed by atoms with Crippen molar-refractivity contribution < 1.29 is 17.9 Å². The first-order valence-electron chi connectivity index (χ1n) is 9.36. The Morgan fingerprint density at radius 1 is 1.30 bits per heavy atom. The fourth-order valence-electron chi connectivity index (χ4n) is 3.15. The SMILES string of the molecule is CCNC(=NCC1CCN(S(C)(=O)=O)C1)Nc1ccc2c(c1)OCCCO2. The van der Waals surface area contributed by atoms with Gasteiger partial charge in [0.05, 0.1) is 19.5 Å². The van der Waals surface area contributed by atoms with Crippen molar-refractivity contribution in [3.8, 4) is 11.5 Å². The summed E-state index contributed by atoms with van der Waals surface area (Å²) in [4.78, 5) is 4.64. The molecule has 0 radical (unpaired) electrons. The molecule has 2 aliphatic heterocycles. The number of ether oxygens (including phenoxy) is 2. The molecule has 3 rings (SSSR count). The Balaban J connectivity index is 1.64. The van der Waals surface area contributed by atoms with E-state index < -0.39 is 10.0 Å². The van der Waals surface area contributed by atoms with E-state index in [0.717, 1.165) is 36.6 Å². The lowest BCUT2D eigenvalue weighted by Gasteiger charge is -2.15.